The number of halogens is 1. The van der Waals surface area contributed by atoms with Gasteiger partial charge in [0.05, 0.1) is 18.5 Å². The summed E-state index contributed by atoms with van der Waals surface area (Å²) in [5, 5.41) is 5.23. The molecule has 0 atom stereocenters. The fraction of sp³-hybridized carbons (Fsp3) is 0.190. The van der Waals surface area contributed by atoms with E-state index in [1.807, 2.05) is 31.2 Å². The molecule has 0 aliphatic heterocycles. The second kappa shape index (κ2) is 9.23. The van der Waals surface area contributed by atoms with Gasteiger partial charge in [0.2, 0.25) is 5.91 Å². The first-order valence-electron chi connectivity index (χ1n) is 8.68. The first-order chi connectivity index (χ1) is 13.5. The molecule has 7 heteroatoms. The molecule has 144 valence electrons. The predicted octanol–water partition coefficient (Wildman–Crippen LogP) is 4.06. The third-order valence-electron chi connectivity index (χ3n) is 3.89. The molecule has 0 spiro atoms. The van der Waals surface area contributed by atoms with E-state index < -0.39 is 5.97 Å². The molecule has 0 aliphatic carbocycles. The molecule has 1 aromatic heterocycles. The summed E-state index contributed by atoms with van der Waals surface area (Å²) in [6, 6.07) is 13.2. The van der Waals surface area contributed by atoms with Crippen LogP contribution in [0.5, 0.6) is 0 Å². The third kappa shape index (κ3) is 5.99. The average molecular weight is 398 g/mol. The minimum atomic E-state index is -0.418. The Morgan fingerprint density at radius 1 is 1.07 bits per heavy atom. The summed E-state index contributed by atoms with van der Waals surface area (Å²) in [5.74, 6) is -0.921. The lowest BCUT2D eigenvalue weighted by atomic mass is 10.1. The number of hydrogen-bond donors (Lipinski definition) is 1. The number of nitrogens with one attached hydrogen (secondary N) is 1. The molecule has 0 saturated heterocycles. The van der Waals surface area contributed by atoms with E-state index in [1.54, 1.807) is 17.5 Å². The number of nitrogens with zero attached hydrogens (tertiary/aromatic N) is 1. The lowest BCUT2D eigenvalue weighted by Gasteiger charge is -2.04. The minimum absolute atomic E-state index is 0.0378. The van der Waals surface area contributed by atoms with Crippen molar-refractivity contribution in [3.63, 3.8) is 0 Å². The highest BCUT2D eigenvalue weighted by molar-refractivity contribution is 7.09. The Kier molecular flexibility index (Phi) is 6.49. The maximum absolute atomic E-state index is 12.9. The Bertz CT molecular complexity index is 953. The molecule has 3 aromatic rings. The second-order valence-electron chi connectivity index (χ2n) is 6.29. The Balaban J connectivity index is 1.45. The van der Waals surface area contributed by atoms with Crippen molar-refractivity contribution in [3.8, 4) is 0 Å². The van der Waals surface area contributed by atoms with Crippen molar-refractivity contribution in [1.82, 2.24) is 4.98 Å². The zero-order valence-corrected chi connectivity index (χ0v) is 16.1. The Hall–Kier alpha value is -3.06. The van der Waals surface area contributed by atoms with E-state index >= 15 is 0 Å². The van der Waals surface area contributed by atoms with Crippen molar-refractivity contribution in [2.75, 3.05) is 5.32 Å². The summed E-state index contributed by atoms with van der Waals surface area (Å²) in [4.78, 5) is 28.3. The van der Waals surface area contributed by atoms with Crippen molar-refractivity contribution in [1.29, 1.82) is 0 Å². The number of anilines is 1. The van der Waals surface area contributed by atoms with Gasteiger partial charge in [-0.05, 0) is 36.8 Å². The molecule has 1 heterocycles. The fourth-order valence-corrected chi connectivity index (χ4v) is 3.23. The van der Waals surface area contributed by atoms with Gasteiger partial charge in [0.1, 0.15) is 17.4 Å². The standard InChI is InChI=1S/C21H19FN2O3S/c1-14-2-8-17(9-3-14)23-19(25)11-20-24-18(13-28-20)12-27-21(26)10-15-4-6-16(22)7-5-15/h2-9,13H,10-12H2,1H3,(H,23,25). The molecule has 0 bridgehead atoms. The molecule has 0 saturated carbocycles. The monoisotopic (exact) mass is 398 g/mol. The zero-order valence-electron chi connectivity index (χ0n) is 15.3. The van der Waals surface area contributed by atoms with Crippen LogP contribution in [-0.4, -0.2) is 16.9 Å². The molecule has 1 N–H and O–H groups in total. The van der Waals surface area contributed by atoms with Crippen molar-refractivity contribution < 1.29 is 18.7 Å². The number of hydrogen-bond acceptors (Lipinski definition) is 5. The number of rotatable bonds is 7. The van der Waals surface area contributed by atoms with Crippen LogP contribution >= 0.6 is 11.3 Å². The number of aromatic nitrogens is 1. The van der Waals surface area contributed by atoms with Gasteiger partial charge in [-0.15, -0.1) is 11.3 Å². The number of carbonyl (C=O) groups is 2. The average Bonchev–Trinajstić information content (AvgIpc) is 3.11. The largest absolute Gasteiger partial charge is 0.459 e. The Labute approximate surface area is 166 Å². The number of esters is 1. The maximum Gasteiger partial charge on any atom is 0.310 e. The van der Waals surface area contributed by atoms with Crippen molar-refractivity contribution in [3.05, 3.63) is 81.6 Å². The van der Waals surface area contributed by atoms with Gasteiger partial charge >= 0.3 is 5.97 Å². The van der Waals surface area contributed by atoms with Crippen LogP contribution in [0.4, 0.5) is 10.1 Å². The molecule has 1 amide bonds. The number of aryl methyl sites for hydroxylation is 1. The van der Waals surface area contributed by atoms with E-state index in [1.165, 1.54) is 23.5 Å². The van der Waals surface area contributed by atoms with Gasteiger partial charge in [0.15, 0.2) is 0 Å². The summed E-state index contributed by atoms with van der Waals surface area (Å²) in [6.45, 7) is 2.02. The first kappa shape index (κ1) is 19.7. The number of ether oxygens (including phenoxy) is 1. The molecule has 2 aromatic carbocycles. The third-order valence-corrected chi connectivity index (χ3v) is 4.79. The molecule has 0 fully saturated rings. The lowest BCUT2D eigenvalue weighted by molar-refractivity contribution is -0.144. The van der Waals surface area contributed by atoms with E-state index in [4.69, 9.17) is 4.74 Å². The molecular weight excluding hydrogens is 379 g/mol. The Morgan fingerprint density at radius 3 is 2.50 bits per heavy atom. The fourth-order valence-electron chi connectivity index (χ4n) is 2.45. The topological polar surface area (TPSA) is 68.3 Å². The molecule has 0 aliphatic rings. The second-order valence-corrected chi connectivity index (χ2v) is 7.23. The van der Waals surface area contributed by atoms with E-state index in [9.17, 15) is 14.0 Å². The highest BCUT2D eigenvalue weighted by atomic mass is 32.1. The lowest BCUT2D eigenvalue weighted by Crippen LogP contribution is -2.14. The summed E-state index contributed by atoms with van der Waals surface area (Å²) >= 11 is 1.34. The molecule has 28 heavy (non-hydrogen) atoms. The van der Waals surface area contributed by atoms with Crippen LogP contribution in [0.15, 0.2) is 53.9 Å². The molecule has 0 unspecified atom stereocenters. The summed E-state index contributed by atoms with van der Waals surface area (Å²) in [5.41, 5.74) is 3.13. The van der Waals surface area contributed by atoms with E-state index in [0.717, 1.165) is 11.3 Å². The van der Waals surface area contributed by atoms with E-state index in [0.29, 0.717) is 16.3 Å². The molecular formula is C21H19FN2O3S. The van der Waals surface area contributed by atoms with Crippen molar-refractivity contribution in [2.24, 2.45) is 0 Å². The highest BCUT2D eigenvalue weighted by Gasteiger charge is 2.11. The van der Waals surface area contributed by atoms with Crippen LogP contribution in [0.25, 0.3) is 0 Å². The smallest absolute Gasteiger partial charge is 0.310 e. The van der Waals surface area contributed by atoms with Gasteiger partial charge in [0, 0.05) is 11.1 Å². The van der Waals surface area contributed by atoms with Crippen LogP contribution < -0.4 is 5.32 Å². The molecule has 3 rings (SSSR count). The van der Waals surface area contributed by atoms with Gasteiger partial charge in [0.25, 0.3) is 0 Å². The van der Waals surface area contributed by atoms with Crippen LogP contribution in [0, 0.1) is 12.7 Å². The first-order valence-corrected chi connectivity index (χ1v) is 9.56. The number of carbonyl (C=O) groups excluding carboxylic acids is 2. The predicted molar refractivity (Wildman–Crippen MR) is 106 cm³/mol. The summed E-state index contributed by atoms with van der Waals surface area (Å²) in [6.07, 6.45) is 0.221. The number of thiazole rings is 1. The number of amides is 1. The summed E-state index contributed by atoms with van der Waals surface area (Å²) < 4.78 is 18.1. The highest BCUT2D eigenvalue weighted by Crippen LogP contribution is 2.14. The molecule has 0 radical (unpaired) electrons. The van der Waals surface area contributed by atoms with Crippen LogP contribution in [0.1, 0.15) is 21.8 Å². The van der Waals surface area contributed by atoms with Crippen LogP contribution in [0.3, 0.4) is 0 Å². The van der Waals surface area contributed by atoms with Gasteiger partial charge in [-0.25, -0.2) is 9.37 Å². The van der Waals surface area contributed by atoms with Gasteiger partial charge < -0.3 is 10.1 Å². The molecule has 5 nitrogen and oxygen atoms in total. The van der Waals surface area contributed by atoms with Crippen molar-refractivity contribution >= 4 is 28.9 Å². The number of benzene rings is 2. The SMILES string of the molecule is Cc1ccc(NC(=O)Cc2nc(COC(=O)Cc3ccc(F)cc3)cs2)cc1. The minimum Gasteiger partial charge on any atom is -0.459 e. The zero-order chi connectivity index (χ0) is 19.9. The van der Waals surface area contributed by atoms with E-state index in [2.05, 4.69) is 10.3 Å². The van der Waals surface area contributed by atoms with E-state index in [-0.39, 0.29) is 31.2 Å². The van der Waals surface area contributed by atoms with Crippen LogP contribution in [0.2, 0.25) is 0 Å². The Morgan fingerprint density at radius 2 is 1.79 bits per heavy atom. The van der Waals surface area contributed by atoms with Gasteiger partial charge in [-0.1, -0.05) is 29.8 Å². The van der Waals surface area contributed by atoms with Crippen LogP contribution in [-0.2, 0) is 33.8 Å². The summed E-state index contributed by atoms with van der Waals surface area (Å²) in [7, 11) is 0. The van der Waals surface area contributed by atoms with Gasteiger partial charge in [-0.3, -0.25) is 9.59 Å². The van der Waals surface area contributed by atoms with Gasteiger partial charge in [-0.2, -0.15) is 0 Å². The quantitative estimate of drug-likeness (QED) is 0.610. The maximum atomic E-state index is 12.9. The normalized spacial score (nSPS) is 10.5. The van der Waals surface area contributed by atoms with Crippen molar-refractivity contribution in [2.45, 2.75) is 26.4 Å².